The van der Waals surface area contributed by atoms with Crippen molar-refractivity contribution >= 4 is 16.7 Å². The van der Waals surface area contributed by atoms with E-state index in [1.807, 2.05) is 41.3 Å². The van der Waals surface area contributed by atoms with Crippen molar-refractivity contribution in [2.24, 2.45) is 5.92 Å². The first-order valence-corrected chi connectivity index (χ1v) is 7.65. The number of benzene rings is 2. The molecule has 1 aliphatic heterocycles. The van der Waals surface area contributed by atoms with Crippen molar-refractivity contribution in [2.75, 3.05) is 26.8 Å². The molecule has 0 radical (unpaired) electrons. The van der Waals surface area contributed by atoms with Crippen LogP contribution in [0.15, 0.2) is 36.4 Å². The lowest BCUT2D eigenvalue weighted by molar-refractivity contribution is -0.129. The number of likely N-dealkylation sites (tertiary alicyclic amines) is 1. The summed E-state index contributed by atoms with van der Waals surface area (Å²) in [4.78, 5) is 14.3. The minimum absolute atomic E-state index is 0.131. The summed E-state index contributed by atoms with van der Waals surface area (Å²) >= 11 is 0. The van der Waals surface area contributed by atoms with E-state index in [1.54, 1.807) is 7.11 Å². The van der Waals surface area contributed by atoms with Gasteiger partial charge in [-0.05, 0) is 34.9 Å². The molecule has 1 amide bonds. The average molecular weight is 299 g/mol. The second-order valence-corrected chi connectivity index (χ2v) is 5.86. The Morgan fingerprint density at radius 2 is 2.23 bits per heavy atom. The van der Waals surface area contributed by atoms with Crippen LogP contribution in [0.2, 0.25) is 0 Å². The molecule has 4 heteroatoms. The zero-order chi connectivity index (χ0) is 15.5. The second-order valence-electron chi connectivity index (χ2n) is 5.86. The molecule has 1 saturated heterocycles. The highest BCUT2D eigenvalue weighted by Crippen LogP contribution is 2.25. The Balaban J connectivity index is 1.82. The minimum Gasteiger partial charge on any atom is -0.497 e. The summed E-state index contributed by atoms with van der Waals surface area (Å²) < 4.78 is 5.29. The van der Waals surface area contributed by atoms with Gasteiger partial charge in [0.1, 0.15) is 5.75 Å². The summed E-state index contributed by atoms with van der Waals surface area (Å²) in [7, 11) is 1.65. The van der Waals surface area contributed by atoms with Crippen molar-refractivity contribution in [1.82, 2.24) is 4.90 Å². The molecule has 0 spiro atoms. The van der Waals surface area contributed by atoms with E-state index in [-0.39, 0.29) is 18.4 Å². The van der Waals surface area contributed by atoms with Crippen LogP contribution in [0.1, 0.15) is 12.0 Å². The molecule has 1 N–H and O–H groups in total. The molecule has 1 heterocycles. The lowest BCUT2D eigenvalue weighted by Crippen LogP contribution is -2.30. The normalized spacial score (nSPS) is 17.9. The number of amides is 1. The Hall–Kier alpha value is -2.07. The molecular formula is C18H21NO3. The van der Waals surface area contributed by atoms with E-state index in [2.05, 4.69) is 0 Å². The zero-order valence-electron chi connectivity index (χ0n) is 12.8. The summed E-state index contributed by atoms with van der Waals surface area (Å²) in [5, 5.41) is 11.4. The van der Waals surface area contributed by atoms with Gasteiger partial charge >= 0.3 is 0 Å². The first-order chi connectivity index (χ1) is 10.7. The SMILES string of the molecule is COc1ccc2cccc(CC(=O)N3CCC(CO)C3)c2c1. The Morgan fingerprint density at radius 1 is 1.36 bits per heavy atom. The maximum atomic E-state index is 12.5. The molecule has 0 aliphatic carbocycles. The van der Waals surface area contributed by atoms with E-state index in [0.717, 1.165) is 35.1 Å². The van der Waals surface area contributed by atoms with Gasteiger partial charge in [0, 0.05) is 25.6 Å². The topological polar surface area (TPSA) is 49.8 Å². The first kappa shape index (κ1) is 14.9. The number of fused-ring (bicyclic) bond motifs is 1. The van der Waals surface area contributed by atoms with Crippen LogP contribution in [0.4, 0.5) is 0 Å². The number of aliphatic hydroxyl groups excluding tert-OH is 1. The Kier molecular flexibility index (Phi) is 4.29. The standard InChI is InChI=1S/C18H21NO3/c1-22-16-6-5-14-3-2-4-15(17(14)10-16)9-18(21)19-8-7-13(11-19)12-20/h2-6,10,13,20H,7-9,11-12H2,1H3. The largest absolute Gasteiger partial charge is 0.497 e. The van der Waals surface area contributed by atoms with Crippen molar-refractivity contribution in [3.63, 3.8) is 0 Å². The molecule has 0 bridgehead atoms. The number of aliphatic hydroxyl groups is 1. The Labute approximate surface area is 130 Å². The molecule has 22 heavy (non-hydrogen) atoms. The summed E-state index contributed by atoms with van der Waals surface area (Å²) in [6.45, 7) is 1.58. The van der Waals surface area contributed by atoms with Gasteiger partial charge in [-0.15, -0.1) is 0 Å². The molecule has 4 nitrogen and oxygen atoms in total. The number of carbonyl (C=O) groups excluding carboxylic acids is 1. The average Bonchev–Trinajstić information content (AvgIpc) is 3.04. The molecule has 1 aliphatic rings. The van der Waals surface area contributed by atoms with E-state index in [0.29, 0.717) is 13.0 Å². The molecule has 0 aromatic heterocycles. The van der Waals surface area contributed by atoms with Crippen molar-refractivity contribution < 1.29 is 14.6 Å². The van der Waals surface area contributed by atoms with Crippen LogP contribution < -0.4 is 4.74 Å². The second kappa shape index (κ2) is 6.36. The summed E-state index contributed by atoms with van der Waals surface area (Å²) in [6, 6.07) is 12.0. The highest BCUT2D eigenvalue weighted by molar-refractivity contribution is 5.91. The monoisotopic (exact) mass is 299 g/mol. The van der Waals surface area contributed by atoms with E-state index in [4.69, 9.17) is 4.74 Å². The van der Waals surface area contributed by atoms with Gasteiger partial charge in [-0.2, -0.15) is 0 Å². The van der Waals surface area contributed by atoms with Gasteiger partial charge in [-0.25, -0.2) is 0 Å². The molecule has 116 valence electrons. The molecular weight excluding hydrogens is 278 g/mol. The van der Waals surface area contributed by atoms with Crippen LogP contribution in [0, 0.1) is 5.92 Å². The minimum atomic E-state index is 0.131. The van der Waals surface area contributed by atoms with Gasteiger partial charge in [0.15, 0.2) is 0 Å². The van der Waals surface area contributed by atoms with Gasteiger partial charge in [0.2, 0.25) is 5.91 Å². The number of hydrogen-bond acceptors (Lipinski definition) is 3. The highest BCUT2D eigenvalue weighted by atomic mass is 16.5. The molecule has 1 fully saturated rings. The highest BCUT2D eigenvalue weighted by Gasteiger charge is 2.25. The third-order valence-electron chi connectivity index (χ3n) is 4.42. The first-order valence-electron chi connectivity index (χ1n) is 7.65. The fourth-order valence-electron chi connectivity index (χ4n) is 3.08. The van der Waals surface area contributed by atoms with Crippen LogP contribution in [-0.2, 0) is 11.2 Å². The number of carbonyl (C=O) groups is 1. The van der Waals surface area contributed by atoms with Crippen LogP contribution >= 0.6 is 0 Å². The van der Waals surface area contributed by atoms with E-state index in [9.17, 15) is 9.90 Å². The fraction of sp³-hybridized carbons (Fsp3) is 0.389. The van der Waals surface area contributed by atoms with Crippen molar-refractivity contribution in [3.8, 4) is 5.75 Å². The lowest BCUT2D eigenvalue weighted by Gasteiger charge is -2.17. The van der Waals surface area contributed by atoms with Crippen LogP contribution in [0.5, 0.6) is 5.75 Å². The number of nitrogens with zero attached hydrogens (tertiary/aromatic N) is 1. The van der Waals surface area contributed by atoms with Crippen LogP contribution in [0.25, 0.3) is 10.8 Å². The molecule has 2 aromatic rings. The summed E-state index contributed by atoms with van der Waals surface area (Å²) in [5.74, 6) is 1.16. The zero-order valence-corrected chi connectivity index (χ0v) is 12.8. The number of rotatable bonds is 4. The third-order valence-corrected chi connectivity index (χ3v) is 4.42. The predicted octanol–water partition coefficient (Wildman–Crippen LogP) is 2.23. The number of ether oxygens (including phenoxy) is 1. The smallest absolute Gasteiger partial charge is 0.227 e. The molecule has 1 unspecified atom stereocenters. The van der Waals surface area contributed by atoms with Gasteiger partial charge in [0.25, 0.3) is 0 Å². The Bertz CT molecular complexity index is 683. The quantitative estimate of drug-likeness (QED) is 0.942. The molecule has 0 saturated carbocycles. The van der Waals surface area contributed by atoms with Crippen molar-refractivity contribution in [3.05, 3.63) is 42.0 Å². The Morgan fingerprint density at radius 3 is 2.95 bits per heavy atom. The van der Waals surface area contributed by atoms with E-state index in [1.165, 1.54) is 0 Å². The van der Waals surface area contributed by atoms with Gasteiger partial charge < -0.3 is 14.7 Å². The summed E-state index contributed by atoms with van der Waals surface area (Å²) in [6.07, 6.45) is 1.29. The van der Waals surface area contributed by atoms with E-state index >= 15 is 0 Å². The van der Waals surface area contributed by atoms with Crippen LogP contribution in [-0.4, -0.2) is 42.7 Å². The maximum absolute atomic E-state index is 12.5. The van der Waals surface area contributed by atoms with Gasteiger partial charge in [-0.1, -0.05) is 24.3 Å². The van der Waals surface area contributed by atoms with Crippen molar-refractivity contribution in [2.45, 2.75) is 12.8 Å². The fourth-order valence-corrected chi connectivity index (χ4v) is 3.08. The van der Waals surface area contributed by atoms with E-state index < -0.39 is 0 Å². The third kappa shape index (κ3) is 2.92. The predicted molar refractivity (Wildman–Crippen MR) is 86.0 cm³/mol. The van der Waals surface area contributed by atoms with Crippen molar-refractivity contribution in [1.29, 1.82) is 0 Å². The van der Waals surface area contributed by atoms with Crippen LogP contribution in [0.3, 0.4) is 0 Å². The molecule has 2 aromatic carbocycles. The number of hydrogen-bond donors (Lipinski definition) is 1. The lowest BCUT2D eigenvalue weighted by atomic mass is 10.0. The maximum Gasteiger partial charge on any atom is 0.227 e. The molecule has 1 atom stereocenters. The van der Waals surface area contributed by atoms with Gasteiger partial charge in [-0.3, -0.25) is 4.79 Å². The summed E-state index contributed by atoms with van der Waals surface area (Å²) in [5.41, 5.74) is 1.02. The molecule has 3 rings (SSSR count). The number of methoxy groups -OCH3 is 1. The van der Waals surface area contributed by atoms with Gasteiger partial charge in [0.05, 0.1) is 13.5 Å².